The number of rotatable bonds is 6. The first-order chi connectivity index (χ1) is 8.67. The summed E-state index contributed by atoms with van der Waals surface area (Å²) in [5.74, 6) is 1.28. The largest absolute Gasteiger partial charge is 0.386 e. The first-order valence-electron chi connectivity index (χ1n) is 6.72. The fourth-order valence-corrected chi connectivity index (χ4v) is 2.28. The van der Waals surface area contributed by atoms with Crippen molar-refractivity contribution in [3.05, 3.63) is 24.0 Å². The lowest BCUT2D eigenvalue weighted by Crippen LogP contribution is -2.27. The monoisotopic (exact) mass is 250 g/mol. The Bertz CT molecular complexity index is 325. The molecule has 0 aliphatic heterocycles. The minimum absolute atomic E-state index is 0.500. The van der Waals surface area contributed by atoms with Crippen LogP contribution in [0.3, 0.4) is 0 Å². The summed E-state index contributed by atoms with van der Waals surface area (Å²) >= 11 is 0. The number of nitrogens with two attached hydrogens (primary N) is 1. The van der Waals surface area contributed by atoms with Gasteiger partial charge in [0, 0.05) is 26.7 Å². The smallest absolute Gasteiger partial charge is 0.120 e. The number of likely N-dealkylation sites (N-methyl/N-ethyl adjacent to an activating group) is 1. The van der Waals surface area contributed by atoms with Gasteiger partial charge < -0.3 is 16.4 Å². The fourth-order valence-electron chi connectivity index (χ4n) is 2.28. The van der Waals surface area contributed by atoms with Crippen LogP contribution >= 0.6 is 0 Å². The van der Waals surface area contributed by atoms with Crippen molar-refractivity contribution in [1.29, 1.82) is 0 Å². The van der Waals surface area contributed by atoms with E-state index in [1.54, 1.807) is 13.1 Å². The number of hydrogen-bond acceptors (Lipinski definition) is 3. The summed E-state index contributed by atoms with van der Waals surface area (Å²) in [5, 5.41) is 6.49. The molecule has 1 aliphatic carbocycles. The molecule has 1 aliphatic rings. The quantitative estimate of drug-likeness (QED) is 0.382. The normalized spacial score (nSPS) is 18.6. The van der Waals surface area contributed by atoms with E-state index in [9.17, 15) is 0 Å². The van der Waals surface area contributed by atoms with E-state index >= 15 is 0 Å². The fraction of sp³-hybridized carbons (Fsp3) is 0.643. The number of hydrogen-bond donors (Lipinski definition) is 3. The average molecular weight is 250 g/mol. The van der Waals surface area contributed by atoms with Gasteiger partial charge in [-0.05, 0) is 18.8 Å². The van der Waals surface area contributed by atoms with Crippen LogP contribution in [-0.4, -0.2) is 26.5 Å². The van der Waals surface area contributed by atoms with Gasteiger partial charge in [0.05, 0.1) is 11.4 Å². The standard InChI is InChI=1S/C14H26N4/c1-11(13(16-2)9-14(15)17-3)18-10-12-7-5-4-6-8-12/h9,12,16,18H,1,4-8,10H2,2-3H3,(H2,15,17)/b13-9-. The molecule has 102 valence electrons. The zero-order valence-corrected chi connectivity index (χ0v) is 11.6. The molecule has 4 heteroatoms. The third kappa shape index (κ3) is 4.82. The van der Waals surface area contributed by atoms with E-state index in [0.29, 0.717) is 5.84 Å². The van der Waals surface area contributed by atoms with E-state index in [-0.39, 0.29) is 0 Å². The maximum absolute atomic E-state index is 5.69. The molecular formula is C14H26N4. The molecule has 0 unspecified atom stereocenters. The molecule has 0 aromatic heterocycles. The third-order valence-corrected chi connectivity index (χ3v) is 3.47. The van der Waals surface area contributed by atoms with Crippen LogP contribution in [0.25, 0.3) is 0 Å². The Morgan fingerprint density at radius 3 is 2.61 bits per heavy atom. The van der Waals surface area contributed by atoms with Crippen LogP contribution in [0.15, 0.2) is 29.0 Å². The van der Waals surface area contributed by atoms with Gasteiger partial charge in [-0.1, -0.05) is 25.8 Å². The molecule has 4 N–H and O–H groups in total. The van der Waals surface area contributed by atoms with Crippen molar-refractivity contribution in [2.24, 2.45) is 16.6 Å². The number of nitrogens with zero attached hydrogens (tertiary/aromatic N) is 1. The molecular weight excluding hydrogens is 224 g/mol. The Labute approximate surface area is 110 Å². The van der Waals surface area contributed by atoms with Crippen molar-refractivity contribution in [3.63, 3.8) is 0 Å². The van der Waals surface area contributed by atoms with Gasteiger partial charge in [0.1, 0.15) is 5.84 Å². The lowest BCUT2D eigenvalue weighted by atomic mass is 9.89. The van der Waals surface area contributed by atoms with Crippen LogP contribution in [-0.2, 0) is 0 Å². The Hall–Kier alpha value is -1.45. The van der Waals surface area contributed by atoms with Crippen molar-refractivity contribution in [1.82, 2.24) is 10.6 Å². The van der Waals surface area contributed by atoms with E-state index in [2.05, 4.69) is 22.2 Å². The van der Waals surface area contributed by atoms with Gasteiger partial charge in [-0.2, -0.15) is 0 Å². The molecule has 1 fully saturated rings. The molecule has 0 bridgehead atoms. The van der Waals surface area contributed by atoms with Crippen molar-refractivity contribution in [3.8, 4) is 0 Å². The number of amidine groups is 1. The second kappa shape index (κ2) is 7.80. The zero-order chi connectivity index (χ0) is 13.4. The molecule has 18 heavy (non-hydrogen) atoms. The predicted octanol–water partition coefficient (Wildman–Crippen LogP) is 1.76. The molecule has 1 rings (SSSR count). The number of aliphatic imine (C=N–C) groups is 1. The molecule has 0 atom stereocenters. The molecule has 0 spiro atoms. The zero-order valence-electron chi connectivity index (χ0n) is 11.6. The van der Waals surface area contributed by atoms with Crippen LogP contribution in [0.1, 0.15) is 32.1 Å². The lowest BCUT2D eigenvalue weighted by Gasteiger charge is -2.23. The Balaban J connectivity index is 2.44. The summed E-state index contributed by atoms with van der Waals surface area (Å²) in [7, 11) is 3.54. The SMILES string of the molecule is C=C(NCC1CCCCC1)/C(=C/C(N)=N\C)NC. The summed E-state index contributed by atoms with van der Waals surface area (Å²) in [6.07, 6.45) is 8.58. The molecule has 0 heterocycles. The van der Waals surface area contributed by atoms with Crippen LogP contribution in [0.5, 0.6) is 0 Å². The Kier molecular flexibility index (Phi) is 6.33. The predicted molar refractivity (Wildman–Crippen MR) is 78.4 cm³/mol. The molecule has 0 saturated heterocycles. The van der Waals surface area contributed by atoms with Gasteiger partial charge in [0.15, 0.2) is 0 Å². The van der Waals surface area contributed by atoms with Crippen LogP contribution in [0.2, 0.25) is 0 Å². The van der Waals surface area contributed by atoms with Gasteiger partial charge in [-0.15, -0.1) is 0 Å². The van der Waals surface area contributed by atoms with Gasteiger partial charge in [-0.25, -0.2) is 0 Å². The van der Waals surface area contributed by atoms with Crippen molar-refractivity contribution in [2.45, 2.75) is 32.1 Å². The van der Waals surface area contributed by atoms with E-state index in [1.165, 1.54) is 32.1 Å². The average Bonchev–Trinajstić information content (AvgIpc) is 2.42. The second-order valence-electron chi connectivity index (χ2n) is 4.82. The summed E-state index contributed by atoms with van der Waals surface area (Å²) < 4.78 is 0. The summed E-state index contributed by atoms with van der Waals surface area (Å²) in [6, 6.07) is 0. The topological polar surface area (TPSA) is 62.4 Å². The van der Waals surface area contributed by atoms with E-state index in [1.807, 2.05) is 7.05 Å². The molecule has 0 radical (unpaired) electrons. The van der Waals surface area contributed by atoms with E-state index in [0.717, 1.165) is 23.9 Å². The highest BCUT2D eigenvalue weighted by Crippen LogP contribution is 2.23. The lowest BCUT2D eigenvalue weighted by molar-refractivity contribution is 0.351. The highest BCUT2D eigenvalue weighted by molar-refractivity contribution is 5.92. The summed E-state index contributed by atoms with van der Waals surface area (Å²) in [5.41, 5.74) is 7.47. The Morgan fingerprint density at radius 1 is 1.39 bits per heavy atom. The van der Waals surface area contributed by atoms with Crippen LogP contribution in [0.4, 0.5) is 0 Å². The maximum atomic E-state index is 5.69. The first-order valence-corrected chi connectivity index (χ1v) is 6.72. The highest BCUT2D eigenvalue weighted by atomic mass is 15.0. The summed E-state index contributed by atoms with van der Waals surface area (Å²) in [4.78, 5) is 3.92. The highest BCUT2D eigenvalue weighted by Gasteiger charge is 2.13. The van der Waals surface area contributed by atoms with Crippen molar-refractivity contribution in [2.75, 3.05) is 20.6 Å². The van der Waals surface area contributed by atoms with Gasteiger partial charge >= 0.3 is 0 Å². The first kappa shape index (κ1) is 14.6. The minimum atomic E-state index is 0.500. The second-order valence-corrected chi connectivity index (χ2v) is 4.82. The molecule has 0 aromatic rings. The van der Waals surface area contributed by atoms with Crippen molar-refractivity contribution >= 4 is 5.84 Å². The molecule has 4 nitrogen and oxygen atoms in total. The molecule has 1 saturated carbocycles. The Morgan fingerprint density at radius 2 is 2.06 bits per heavy atom. The summed E-state index contributed by atoms with van der Waals surface area (Å²) in [6.45, 7) is 5.05. The van der Waals surface area contributed by atoms with E-state index < -0.39 is 0 Å². The van der Waals surface area contributed by atoms with Crippen LogP contribution < -0.4 is 16.4 Å². The van der Waals surface area contributed by atoms with Gasteiger partial charge in [0.25, 0.3) is 0 Å². The maximum Gasteiger partial charge on any atom is 0.120 e. The minimum Gasteiger partial charge on any atom is -0.386 e. The third-order valence-electron chi connectivity index (χ3n) is 3.47. The molecule has 0 aromatic carbocycles. The van der Waals surface area contributed by atoms with Crippen LogP contribution in [0, 0.1) is 5.92 Å². The van der Waals surface area contributed by atoms with Gasteiger partial charge in [0.2, 0.25) is 0 Å². The number of nitrogens with one attached hydrogen (secondary N) is 2. The van der Waals surface area contributed by atoms with Crippen molar-refractivity contribution < 1.29 is 0 Å². The van der Waals surface area contributed by atoms with E-state index in [4.69, 9.17) is 5.73 Å². The molecule has 0 amide bonds. The van der Waals surface area contributed by atoms with Gasteiger partial charge in [-0.3, -0.25) is 4.99 Å².